The van der Waals surface area contributed by atoms with Crippen LogP contribution in [0.25, 0.3) is 60.9 Å². The smallest absolute Gasteiger partial charge is 0.256 e. The molecule has 0 saturated heterocycles. The molecule has 0 unspecified atom stereocenters. The molecule has 270 valence electrons. The minimum atomic E-state index is -0.00162. The van der Waals surface area contributed by atoms with Crippen molar-refractivity contribution in [1.82, 2.24) is 4.57 Å². The van der Waals surface area contributed by atoms with Gasteiger partial charge in [-0.1, -0.05) is 182 Å². The number of benzene rings is 9. The normalized spacial score (nSPS) is 12.6. The lowest BCUT2D eigenvalue weighted by molar-refractivity contribution is 0.487. The van der Waals surface area contributed by atoms with Crippen LogP contribution in [-0.4, -0.2) is 11.3 Å². The molecule has 1 aromatic heterocycles. The van der Waals surface area contributed by atoms with Crippen LogP contribution in [0, 0.1) is 0 Å². The van der Waals surface area contributed by atoms with Gasteiger partial charge < -0.3 is 14.2 Å². The molecule has 0 N–H and O–H groups in total. The first-order valence-electron chi connectivity index (χ1n) is 20.0. The fourth-order valence-corrected chi connectivity index (χ4v) is 9.63. The monoisotopic (exact) mass is 738 g/mol. The zero-order valence-electron chi connectivity index (χ0n) is 31.6. The van der Waals surface area contributed by atoms with E-state index in [4.69, 9.17) is 4.74 Å². The van der Waals surface area contributed by atoms with Gasteiger partial charge in [0.2, 0.25) is 0 Å². The van der Waals surface area contributed by atoms with Gasteiger partial charge in [-0.15, -0.1) is 0 Å². The highest BCUT2D eigenvalue weighted by Gasteiger charge is 2.42. The van der Waals surface area contributed by atoms with Crippen LogP contribution in [0.3, 0.4) is 0 Å². The summed E-state index contributed by atoms with van der Waals surface area (Å²) in [7, 11) is 0. The molecule has 0 atom stereocenters. The van der Waals surface area contributed by atoms with Gasteiger partial charge >= 0.3 is 0 Å². The molecule has 0 amide bonds. The van der Waals surface area contributed by atoms with Crippen LogP contribution in [0.2, 0.25) is 0 Å². The number of fused-ring (bicyclic) bond motifs is 7. The molecule has 12 rings (SSSR count). The Morgan fingerprint density at radius 2 is 0.862 bits per heavy atom. The molecular weight excluding hydrogens is 703 g/mol. The summed E-state index contributed by atoms with van der Waals surface area (Å²) in [6, 6.07) is 76.8. The predicted octanol–water partition coefficient (Wildman–Crippen LogP) is 12.2. The Labute approximate surface area is 337 Å². The molecule has 0 spiro atoms. The molecule has 3 heterocycles. The van der Waals surface area contributed by atoms with E-state index in [-0.39, 0.29) is 6.71 Å². The zero-order chi connectivity index (χ0) is 38.2. The molecule has 9 aromatic carbocycles. The van der Waals surface area contributed by atoms with Gasteiger partial charge in [-0.05, 0) is 57.3 Å². The highest BCUT2D eigenvalue weighted by Crippen LogP contribution is 2.47. The molecule has 58 heavy (non-hydrogen) atoms. The molecule has 2 aliphatic heterocycles. The molecule has 3 nitrogen and oxygen atoms in total. The van der Waals surface area contributed by atoms with Gasteiger partial charge in [-0.3, -0.25) is 0 Å². The highest BCUT2D eigenvalue weighted by atomic mass is 16.5. The number of nitrogens with zero attached hydrogens (tertiary/aromatic N) is 2. The lowest BCUT2D eigenvalue weighted by Gasteiger charge is -2.41. The van der Waals surface area contributed by atoms with Gasteiger partial charge in [0, 0.05) is 44.9 Å². The maximum atomic E-state index is 7.09. The minimum Gasteiger partial charge on any atom is -0.458 e. The first-order valence-corrected chi connectivity index (χ1v) is 20.0. The lowest BCUT2D eigenvalue weighted by Crippen LogP contribution is -2.59. The van der Waals surface area contributed by atoms with E-state index in [0.717, 1.165) is 28.6 Å². The van der Waals surface area contributed by atoms with Gasteiger partial charge in [0.25, 0.3) is 6.71 Å². The van der Waals surface area contributed by atoms with Crippen LogP contribution in [-0.2, 0) is 0 Å². The number of anilines is 3. The standard InChI is InChI=1S/C54H35BN2O/c1-4-18-36(19-5-1)40-24-10-13-31-47(40)57-48-32-14-11-29-45(48)55-46-30-12-15-33-50(46)58-51-35-39(34-49(57)52(51)55)56-53-41(37-20-6-2-7-21-37)25-16-27-43(53)44-28-17-26-42(54(44)56)38-22-8-3-9-23-38/h1-35H. The topological polar surface area (TPSA) is 17.4 Å². The highest BCUT2D eigenvalue weighted by molar-refractivity contribution is 6.99. The van der Waals surface area contributed by atoms with E-state index in [1.807, 2.05) is 0 Å². The third-order valence-electron chi connectivity index (χ3n) is 12.0. The minimum absolute atomic E-state index is 0.00162. The number of aromatic nitrogens is 1. The number of rotatable bonds is 5. The van der Waals surface area contributed by atoms with E-state index >= 15 is 0 Å². The van der Waals surface area contributed by atoms with Crippen LogP contribution >= 0.6 is 0 Å². The number of ether oxygens (including phenoxy) is 1. The molecule has 10 aromatic rings. The summed E-state index contributed by atoms with van der Waals surface area (Å²) in [4.78, 5) is 2.48. The maximum absolute atomic E-state index is 7.09. The second-order valence-corrected chi connectivity index (χ2v) is 15.2. The first-order chi connectivity index (χ1) is 28.8. The Bertz CT molecular complexity index is 3110. The molecule has 0 fully saturated rings. The Morgan fingerprint density at radius 1 is 0.362 bits per heavy atom. The first kappa shape index (κ1) is 32.7. The molecule has 0 aliphatic carbocycles. The average Bonchev–Trinajstić information content (AvgIpc) is 3.65. The molecule has 0 saturated carbocycles. The second-order valence-electron chi connectivity index (χ2n) is 15.2. The molecule has 0 radical (unpaired) electrons. The van der Waals surface area contributed by atoms with Gasteiger partial charge in [-0.25, -0.2) is 0 Å². The third kappa shape index (κ3) is 4.88. The Hall–Kier alpha value is -7.56. The van der Waals surface area contributed by atoms with Crippen LogP contribution in [0.4, 0.5) is 17.1 Å². The van der Waals surface area contributed by atoms with Crippen molar-refractivity contribution in [1.29, 1.82) is 0 Å². The van der Waals surface area contributed by atoms with Crippen molar-refractivity contribution in [3.63, 3.8) is 0 Å². The molecular formula is C54H35BN2O. The van der Waals surface area contributed by atoms with E-state index in [1.54, 1.807) is 0 Å². The number of para-hydroxylation sites is 5. The average molecular weight is 739 g/mol. The number of hydrogen-bond acceptors (Lipinski definition) is 2. The van der Waals surface area contributed by atoms with E-state index in [1.165, 1.54) is 77.3 Å². The summed E-state index contributed by atoms with van der Waals surface area (Å²) in [5, 5.41) is 2.42. The summed E-state index contributed by atoms with van der Waals surface area (Å²) in [6.07, 6.45) is 0. The van der Waals surface area contributed by atoms with Gasteiger partial charge in [0.05, 0.1) is 22.4 Å². The molecule has 0 bridgehead atoms. The van der Waals surface area contributed by atoms with Crippen molar-refractivity contribution < 1.29 is 4.74 Å². The van der Waals surface area contributed by atoms with Crippen LogP contribution in [0.5, 0.6) is 11.5 Å². The predicted molar refractivity (Wildman–Crippen MR) is 243 cm³/mol. The summed E-state index contributed by atoms with van der Waals surface area (Å²) in [6.45, 7) is -0.00162. The van der Waals surface area contributed by atoms with E-state index < -0.39 is 0 Å². The molecule has 2 aliphatic rings. The quantitative estimate of drug-likeness (QED) is 0.164. The Kier molecular flexibility index (Phi) is 7.33. The van der Waals surface area contributed by atoms with Crippen molar-refractivity contribution in [3.05, 3.63) is 212 Å². The van der Waals surface area contributed by atoms with E-state index in [0.29, 0.717) is 0 Å². The summed E-state index contributed by atoms with van der Waals surface area (Å²) >= 11 is 0. The van der Waals surface area contributed by atoms with Gasteiger partial charge in [-0.2, -0.15) is 0 Å². The summed E-state index contributed by atoms with van der Waals surface area (Å²) in [5.41, 5.74) is 17.4. The van der Waals surface area contributed by atoms with Crippen LogP contribution in [0.1, 0.15) is 0 Å². The third-order valence-corrected chi connectivity index (χ3v) is 12.0. The van der Waals surface area contributed by atoms with Gasteiger partial charge in [0.15, 0.2) is 0 Å². The molecule has 4 heteroatoms. The van der Waals surface area contributed by atoms with Gasteiger partial charge in [0.1, 0.15) is 11.5 Å². The van der Waals surface area contributed by atoms with Crippen molar-refractivity contribution in [3.8, 4) is 50.6 Å². The second kappa shape index (κ2) is 13.0. The number of hydrogen-bond donors (Lipinski definition) is 0. The van der Waals surface area contributed by atoms with Crippen molar-refractivity contribution in [2.45, 2.75) is 0 Å². The zero-order valence-corrected chi connectivity index (χ0v) is 31.6. The maximum Gasteiger partial charge on any atom is 0.256 e. The fraction of sp³-hybridized carbons (Fsp3) is 0. The van der Waals surface area contributed by atoms with Crippen molar-refractivity contribution >= 4 is 62.0 Å². The summed E-state index contributed by atoms with van der Waals surface area (Å²) in [5.74, 6) is 1.77. The van der Waals surface area contributed by atoms with Crippen molar-refractivity contribution in [2.24, 2.45) is 0 Å². The SMILES string of the molecule is c1ccc(-c2ccccc2N2c3ccccc3B3c4ccccc4Oc4cc(-n5c6c(-c7ccccc7)cccc6c6cccc(-c7ccccc7)c65)cc2c43)cc1. The van der Waals surface area contributed by atoms with Crippen molar-refractivity contribution in [2.75, 3.05) is 4.90 Å². The Morgan fingerprint density at radius 3 is 1.50 bits per heavy atom. The Balaban J connectivity index is 1.23. The lowest BCUT2D eigenvalue weighted by atomic mass is 9.34. The van der Waals surface area contributed by atoms with E-state index in [9.17, 15) is 0 Å². The van der Waals surface area contributed by atoms with Crippen LogP contribution < -0.4 is 26.0 Å². The van der Waals surface area contributed by atoms with E-state index in [2.05, 4.69) is 222 Å². The summed E-state index contributed by atoms with van der Waals surface area (Å²) < 4.78 is 9.60. The van der Waals surface area contributed by atoms with Crippen LogP contribution in [0.15, 0.2) is 212 Å². The largest absolute Gasteiger partial charge is 0.458 e. The fourth-order valence-electron chi connectivity index (χ4n) is 9.63.